The number of likely N-dealkylation sites (tertiary alicyclic amines) is 1. The molecule has 31 heavy (non-hydrogen) atoms. The molecule has 1 N–H and O–H groups in total. The largest absolute Gasteiger partial charge is 0.415 e. The van der Waals surface area contributed by atoms with Crippen LogP contribution >= 0.6 is 0 Å². The second kappa shape index (κ2) is 10.4. The number of halogens is 2. The molecule has 0 saturated carbocycles. The maximum absolute atomic E-state index is 12.1. The molecule has 3 aromatic rings. The van der Waals surface area contributed by atoms with E-state index < -0.39 is 22.3 Å². The topological polar surface area (TPSA) is 101 Å². The lowest BCUT2D eigenvalue weighted by atomic mass is 10.1. The van der Waals surface area contributed by atoms with Gasteiger partial charge in [0.2, 0.25) is 15.9 Å². The van der Waals surface area contributed by atoms with Gasteiger partial charge in [0.25, 0.3) is 5.89 Å². The van der Waals surface area contributed by atoms with E-state index >= 15 is 0 Å². The van der Waals surface area contributed by atoms with Gasteiger partial charge in [0.15, 0.2) is 0 Å². The second-order valence-corrected chi connectivity index (χ2v) is 8.96. The molecule has 1 aliphatic rings. The van der Waals surface area contributed by atoms with Gasteiger partial charge in [0, 0.05) is 18.1 Å². The fraction of sp³-hybridized carbons (Fsp3) is 0.350. The summed E-state index contributed by atoms with van der Waals surface area (Å²) in [6, 6.07) is 12.4. The Labute approximate surface area is 179 Å². The SMILES string of the molecule is CN1CCC(S(=O)(=O)Nc2ccccc2)CC1.FC(F)c1nnc(-c2cccnc2)o1. The van der Waals surface area contributed by atoms with Gasteiger partial charge in [-0.3, -0.25) is 9.71 Å². The molecule has 0 aliphatic carbocycles. The predicted molar refractivity (Wildman–Crippen MR) is 112 cm³/mol. The summed E-state index contributed by atoms with van der Waals surface area (Å²) in [7, 11) is -1.22. The van der Waals surface area contributed by atoms with Crippen LogP contribution in [0.15, 0.2) is 59.3 Å². The number of hydrogen-bond acceptors (Lipinski definition) is 7. The zero-order valence-corrected chi connectivity index (χ0v) is 17.7. The lowest BCUT2D eigenvalue weighted by Gasteiger charge is -2.28. The molecule has 0 amide bonds. The molecule has 0 unspecified atom stereocenters. The maximum Gasteiger partial charge on any atom is 0.314 e. The highest BCUT2D eigenvalue weighted by molar-refractivity contribution is 7.93. The molecule has 0 bridgehead atoms. The fourth-order valence-electron chi connectivity index (χ4n) is 2.98. The Bertz CT molecular complexity index is 1040. The van der Waals surface area contributed by atoms with Crippen LogP contribution in [0.4, 0.5) is 14.5 Å². The third-order valence-corrected chi connectivity index (χ3v) is 6.54. The Hall–Kier alpha value is -2.92. The Morgan fingerprint density at radius 3 is 2.39 bits per heavy atom. The van der Waals surface area contributed by atoms with Crippen molar-refractivity contribution in [2.75, 3.05) is 24.9 Å². The highest BCUT2D eigenvalue weighted by Gasteiger charge is 2.28. The molecule has 1 aliphatic heterocycles. The minimum Gasteiger partial charge on any atom is -0.415 e. The van der Waals surface area contributed by atoms with E-state index in [2.05, 4.69) is 24.8 Å². The molecule has 1 saturated heterocycles. The number of alkyl halides is 2. The van der Waals surface area contributed by atoms with Gasteiger partial charge in [-0.1, -0.05) is 18.2 Å². The summed E-state index contributed by atoms with van der Waals surface area (Å²) in [5.41, 5.74) is 1.17. The molecule has 0 spiro atoms. The summed E-state index contributed by atoms with van der Waals surface area (Å²) < 4.78 is 55.8. The van der Waals surface area contributed by atoms with Crippen molar-refractivity contribution in [3.63, 3.8) is 0 Å². The summed E-state index contributed by atoms with van der Waals surface area (Å²) in [5, 5.41) is 6.40. The Morgan fingerprint density at radius 1 is 1.10 bits per heavy atom. The number of nitrogens with zero attached hydrogens (tertiary/aromatic N) is 4. The zero-order chi connectivity index (χ0) is 22.3. The van der Waals surface area contributed by atoms with E-state index in [1.807, 2.05) is 25.2 Å². The molecule has 1 aromatic carbocycles. The molecule has 2 aromatic heterocycles. The Balaban J connectivity index is 0.000000179. The van der Waals surface area contributed by atoms with Gasteiger partial charge >= 0.3 is 6.43 Å². The summed E-state index contributed by atoms with van der Waals surface area (Å²) in [5.74, 6) is -0.628. The van der Waals surface area contributed by atoms with E-state index in [1.54, 1.807) is 30.5 Å². The van der Waals surface area contributed by atoms with Crippen molar-refractivity contribution in [3.8, 4) is 11.5 Å². The summed E-state index contributed by atoms with van der Waals surface area (Å²) >= 11 is 0. The summed E-state index contributed by atoms with van der Waals surface area (Å²) in [4.78, 5) is 5.96. The molecule has 166 valence electrons. The normalized spacial score (nSPS) is 15.4. The van der Waals surface area contributed by atoms with Crippen molar-refractivity contribution in [2.24, 2.45) is 0 Å². The molecule has 4 rings (SSSR count). The van der Waals surface area contributed by atoms with Crippen molar-refractivity contribution >= 4 is 15.7 Å². The third-order valence-electron chi connectivity index (χ3n) is 4.67. The minimum absolute atomic E-state index is 0.0494. The average Bonchev–Trinajstić information content (AvgIpc) is 3.26. The van der Waals surface area contributed by atoms with Crippen LogP contribution in [-0.2, 0) is 10.0 Å². The van der Waals surface area contributed by atoms with Crippen molar-refractivity contribution in [1.29, 1.82) is 0 Å². The van der Waals surface area contributed by atoms with E-state index in [0.717, 1.165) is 13.1 Å². The number of aromatic nitrogens is 3. The lowest BCUT2D eigenvalue weighted by Crippen LogP contribution is -2.39. The van der Waals surface area contributed by atoms with Gasteiger partial charge in [0.1, 0.15) is 0 Å². The molecule has 0 atom stereocenters. The number of para-hydroxylation sites is 1. The number of anilines is 1. The van der Waals surface area contributed by atoms with Gasteiger partial charge < -0.3 is 9.32 Å². The first kappa shape index (κ1) is 22.8. The zero-order valence-electron chi connectivity index (χ0n) is 16.9. The molecular weight excluding hydrogens is 428 g/mol. The maximum atomic E-state index is 12.1. The number of hydrogen-bond donors (Lipinski definition) is 1. The number of benzene rings is 1. The van der Waals surface area contributed by atoms with Gasteiger partial charge in [-0.2, -0.15) is 8.78 Å². The number of sulfonamides is 1. The van der Waals surface area contributed by atoms with Crippen LogP contribution in [0, 0.1) is 0 Å². The first-order valence-electron chi connectivity index (χ1n) is 9.62. The molecule has 3 heterocycles. The number of pyridine rings is 1. The van der Waals surface area contributed by atoms with E-state index in [-0.39, 0.29) is 11.1 Å². The second-order valence-electron chi connectivity index (χ2n) is 7.00. The van der Waals surface area contributed by atoms with Crippen LogP contribution in [0.1, 0.15) is 25.2 Å². The third kappa shape index (κ3) is 6.53. The van der Waals surface area contributed by atoms with Crippen LogP contribution in [0.3, 0.4) is 0 Å². The van der Waals surface area contributed by atoms with E-state index in [9.17, 15) is 17.2 Å². The van der Waals surface area contributed by atoms with E-state index in [1.165, 1.54) is 6.20 Å². The first-order valence-corrected chi connectivity index (χ1v) is 11.2. The van der Waals surface area contributed by atoms with Crippen LogP contribution in [0.2, 0.25) is 0 Å². The van der Waals surface area contributed by atoms with Gasteiger partial charge in [-0.05, 0) is 57.2 Å². The molecular formula is C20H23F2N5O3S. The standard InChI is InChI=1S/C12H18N2O2S.C8H5F2N3O/c1-14-9-7-12(8-10-14)17(15,16)13-11-5-3-2-4-6-11;9-6(10)8-13-12-7(14-8)5-2-1-3-11-4-5/h2-6,12-13H,7-10H2,1H3;1-4,6H. The van der Waals surface area contributed by atoms with E-state index in [4.69, 9.17) is 4.42 Å². The van der Waals surface area contributed by atoms with Crippen molar-refractivity contribution in [1.82, 2.24) is 20.1 Å². The smallest absolute Gasteiger partial charge is 0.314 e. The highest BCUT2D eigenvalue weighted by atomic mass is 32.2. The minimum atomic E-state index is -3.24. The average molecular weight is 451 g/mol. The van der Waals surface area contributed by atoms with Gasteiger partial charge in [0.05, 0.1) is 10.8 Å². The highest BCUT2D eigenvalue weighted by Crippen LogP contribution is 2.22. The fourth-order valence-corrected chi connectivity index (χ4v) is 4.44. The first-order chi connectivity index (χ1) is 14.8. The molecule has 1 fully saturated rings. The number of piperidine rings is 1. The lowest BCUT2D eigenvalue weighted by molar-refractivity contribution is 0.116. The monoisotopic (exact) mass is 451 g/mol. The van der Waals surface area contributed by atoms with E-state index in [0.29, 0.717) is 24.1 Å². The van der Waals surface area contributed by atoms with Crippen LogP contribution < -0.4 is 4.72 Å². The number of rotatable bonds is 5. The van der Waals surface area contributed by atoms with Crippen molar-refractivity contribution < 1.29 is 21.6 Å². The van der Waals surface area contributed by atoms with Crippen LogP contribution in [-0.4, -0.2) is 53.9 Å². The van der Waals surface area contributed by atoms with Gasteiger partial charge in [-0.15, -0.1) is 10.2 Å². The van der Waals surface area contributed by atoms with Gasteiger partial charge in [-0.25, -0.2) is 8.42 Å². The molecule has 11 heteroatoms. The van der Waals surface area contributed by atoms with Crippen molar-refractivity contribution in [3.05, 3.63) is 60.7 Å². The number of nitrogens with one attached hydrogen (secondary N) is 1. The predicted octanol–water partition coefficient (Wildman–Crippen LogP) is 3.59. The Kier molecular flexibility index (Phi) is 7.64. The van der Waals surface area contributed by atoms with Crippen LogP contribution in [0.25, 0.3) is 11.5 Å². The molecule has 0 radical (unpaired) electrons. The molecule has 8 nitrogen and oxygen atoms in total. The summed E-state index contributed by atoms with van der Waals surface area (Å²) in [6.07, 6.45) is 1.70. The van der Waals surface area contributed by atoms with Crippen molar-refractivity contribution in [2.45, 2.75) is 24.5 Å². The Morgan fingerprint density at radius 2 is 1.81 bits per heavy atom. The summed E-state index contributed by atoms with van der Waals surface area (Å²) in [6.45, 7) is 1.70. The quantitative estimate of drug-likeness (QED) is 0.633. The van der Waals surface area contributed by atoms with Crippen LogP contribution in [0.5, 0.6) is 0 Å².